The van der Waals surface area contributed by atoms with Gasteiger partial charge in [-0.05, 0) is 35.7 Å². The Labute approximate surface area is 169 Å². The molecule has 3 aromatic heterocycles. The van der Waals surface area contributed by atoms with Crippen molar-refractivity contribution >= 4 is 39.8 Å². The Morgan fingerprint density at radius 3 is 2.69 bits per heavy atom. The number of anilines is 1. The number of methoxy groups -OCH3 is 2. The number of rotatable bonds is 5. The number of esters is 1. The fourth-order valence-electron chi connectivity index (χ4n) is 3.03. The first-order valence-electron chi connectivity index (χ1n) is 8.60. The van der Waals surface area contributed by atoms with Crippen molar-refractivity contribution in [3.8, 4) is 17.2 Å². The molecule has 0 aliphatic heterocycles. The number of nitrogens with one attached hydrogen (secondary N) is 1. The van der Waals surface area contributed by atoms with Crippen molar-refractivity contribution in [2.24, 2.45) is 0 Å². The normalized spacial score (nSPS) is 10.7. The summed E-state index contributed by atoms with van der Waals surface area (Å²) >= 11 is 1.48. The molecule has 0 spiro atoms. The number of benzene rings is 1. The van der Waals surface area contributed by atoms with Crippen molar-refractivity contribution in [2.45, 2.75) is 0 Å². The third-order valence-electron chi connectivity index (χ3n) is 4.34. The molecule has 3 heterocycles. The summed E-state index contributed by atoms with van der Waals surface area (Å²) < 4.78 is 15.6. The molecule has 1 amide bonds. The van der Waals surface area contributed by atoms with Crippen LogP contribution in [0.5, 0.6) is 5.88 Å². The number of ether oxygens (including phenoxy) is 2. The van der Waals surface area contributed by atoms with Crippen LogP contribution in [0.3, 0.4) is 0 Å². The average Bonchev–Trinajstić information content (AvgIpc) is 3.45. The van der Waals surface area contributed by atoms with E-state index in [0.29, 0.717) is 33.5 Å². The molecule has 1 N–H and O–H groups in total. The maximum atomic E-state index is 13.2. The number of nitrogens with zero attached hydrogens (tertiary/aromatic N) is 1. The second-order valence-corrected chi connectivity index (χ2v) is 6.82. The van der Waals surface area contributed by atoms with Crippen LogP contribution in [-0.4, -0.2) is 31.1 Å². The summed E-state index contributed by atoms with van der Waals surface area (Å²) in [7, 11) is 2.69. The molecule has 29 heavy (non-hydrogen) atoms. The van der Waals surface area contributed by atoms with Gasteiger partial charge < -0.3 is 19.2 Å². The number of furan rings is 1. The summed E-state index contributed by atoms with van der Waals surface area (Å²) in [5.41, 5.74) is 2.14. The van der Waals surface area contributed by atoms with Crippen LogP contribution in [0, 0.1) is 0 Å². The van der Waals surface area contributed by atoms with E-state index in [0.717, 1.165) is 0 Å². The standard InChI is InChI=1S/C21H16N2O5S/c1-26-20-15(21(25)27-2)10-12-5-6-14(16-4-3-8-28-16)17(18(12)23-20)19(24)22-13-7-9-29-11-13/h3-11H,1-2H3,(H,22,24). The molecule has 7 nitrogen and oxygen atoms in total. The van der Waals surface area contributed by atoms with E-state index >= 15 is 0 Å². The van der Waals surface area contributed by atoms with Crippen LogP contribution >= 0.6 is 11.3 Å². The van der Waals surface area contributed by atoms with Crippen molar-refractivity contribution in [1.82, 2.24) is 4.98 Å². The fourth-order valence-corrected chi connectivity index (χ4v) is 3.62. The number of hydrogen-bond acceptors (Lipinski definition) is 7. The third-order valence-corrected chi connectivity index (χ3v) is 5.03. The number of pyridine rings is 1. The van der Waals surface area contributed by atoms with Gasteiger partial charge in [-0.25, -0.2) is 9.78 Å². The third kappa shape index (κ3) is 3.45. The van der Waals surface area contributed by atoms with Crippen LogP contribution < -0.4 is 10.1 Å². The Kier molecular flexibility index (Phi) is 5.01. The first-order chi connectivity index (χ1) is 14.1. The maximum Gasteiger partial charge on any atom is 0.343 e. The highest BCUT2D eigenvalue weighted by Gasteiger charge is 2.23. The number of aromatic nitrogens is 1. The smallest absolute Gasteiger partial charge is 0.343 e. The fraction of sp³-hybridized carbons (Fsp3) is 0.0952. The summed E-state index contributed by atoms with van der Waals surface area (Å²) in [6.45, 7) is 0. The van der Waals surface area contributed by atoms with Crippen molar-refractivity contribution < 1.29 is 23.5 Å². The lowest BCUT2D eigenvalue weighted by atomic mass is 9.99. The first kappa shape index (κ1) is 18.7. The molecule has 4 aromatic rings. The van der Waals surface area contributed by atoms with E-state index in [1.54, 1.807) is 30.3 Å². The van der Waals surface area contributed by atoms with E-state index in [1.807, 2.05) is 16.8 Å². The summed E-state index contributed by atoms with van der Waals surface area (Å²) in [6, 6.07) is 10.5. The van der Waals surface area contributed by atoms with E-state index < -0.39 is 5.97 Å². The number of hydrogen-bond donors (Lipinski definition) is 1. The molecule has 0 saturated heterocycles. The molecule has 8 heteroatoms. The minimum Gasteiger partial charge on any atom is -0.480 e. The van der Waals surface area contributed by atoms with Gasteiger partial charge in [-0.1, -0.05) is 6.07 Å². The Bertz CT molecular complexity index is 1180. The predicted molar refractivity (Wildman–Crippen MR) is 110 cm³/mol. The molecule has 0 atom stereocenters. The summed E-state index contributed by atoms with van der Waals surface area (Å²) in [5, 5.41) is 7.17. The van der Waals surface area contributed by atoms with Crippen molar-refractivity contribution in [2.75, 3.05) is 19.5 Å². The van der Waals surface area contributed by atoms with Crippen LogP contribution in [0.4, 0.5) is 5.69 Å². The average molecular weight is 408 g/mol. The van der Waals surface area contributed by atoms with Gasteiger partial charge in [0.1, 0.15) is 11.3 Å². The van der Waals surface area contributed by atoms with Crippen molar-refractivity contribution in [1.29, 1.82) is 0 Å². The quantitative estimate of drug-likeness (QED) is 0.485. The summed E-state index contributed by atoms with van der Waals surface area (Å²) in [4.78, 5) is 29.7. The molecule has 4 rings (SSSR count). The number of carbonyl (C=O) groups is 2. The van der Waals surface area contributed by atoms with Gasteiger partial charge in [0.2, 0.25) is 5.88 Å². The molecule has 0 unspecified atom stereocenters. The van der Waals surface area contributed by atoms with Crippen LogP contribution in [-0.2, 0) is 4.74 Å². The lowest BCUT2D eigenvalue weighted by molar-refractivity contribution is 0.0596. The van der Waals surface area contributed by atoms with E-state index in [4.69, 9.17) is 13.9 Å². The molecule has 0 fully saturated rings. The van der Waals surface area contributed by atoms with Crippen LogP contribution in [0.2, 0.25) is 0 Å². The van der Waals surface area contributed by atoms with Gasteiger partial charge in [-0.3, -0.25) is 4.79 Å². The SMILES string of the molecule is COC(=O)c1cc2ccc(-c3ccco3)c(C(=O)Nc3ccsc3)c2nc1OC. The van der Waals surface area contributed by atoms with E-state index in [1.165, 1.54) is 31.8 Å². The Hall–Kier alpha value is -3.65. The van der Waals surface area contributed by atoms with Crippen LogP contribution in [0.25, 0.3) is 22.2 Å². The number of fused-ring (bicyclic) bond motifs is 1. The Balaban J connectivity index is 1.96. The predicted octanol–water partition coefficient (Wildman–Crippen LogP) is 4.60. The van der Waals surface area contributed by atoms with E-state index in [-0.39, 0.29) is 17.4 Å². The maximum absolute atomic E-state index is 13.2. The lowest BCUT2D eigenvalue weighted by Gasteiger charge is -2.13. The summed E-state index contributed by atoms with van der Waals surface area (Å²) in [5.74, 6) is -0.317. The minimum absolute atomic E-state index is 0.0746. The van der Waals surface area contributed by atoms with Gasteiger partial charge in [0.05, 0.1) is 37.3 Å². The lowest BCUT2D eigenvalue weighted by Crippen LogP contribution is -2.14. The van der Waals surface area contributed by atoms with E-state index in [9.17, 15) is 9.59 Å². The second-order valence-electron chi connectivity index (χ2n) is 6.04. The highest BCUT2D eigenvalue weighted by Crippen LogP contribution is 2.33. The molecule has 0 saturated carbocycles. The van der Waals surface area contributed by atoms with Gasteiger partial charge in [0.15, 0.2) is 0 Å². The minimum atomic E-state index is -0.573. The van der Waals surface area contributed by atoms with Gasteiger partial charge in [-0.15, -0.1) is 0 Å². The Morgan fingerprint density at radius 2 is 2.03 bits per heavy atom. The van der Waals surface area contributed by atoms with Crippen LogP contribution in [0.1, 0.15) is 20.7 Å². The van der Waals surface area contributed by atoms with Crippen molar-refractivity contribution in [3.05, 3.63) is 64.5 Å². The molecule has 0 radical (unpaired) electrons. The highest BCUT2D eigenvalue weighted by molar-refractivity contribution is 7.08. The monoisotopic (exact) mass is 408 g/mol. The van der Waals surface area contributed by atoms with Gasteiger partial charge >= 0.3 is 5.97 Å². The molecule has 0 aliphatic rings. The van der Waals surface area contributed by atoms with Crippen LogP contribution in [0.15, 0.2) is 57.8 Å². The molecular formula is C21H16N2O5S. The molecule has 0 aliphatic carbocycles. The zero-order valence-corrected chi connectivity index (χ0v) is 16.4. The zero-order valence-electron chi connectivity index (χ0n) is 15.6. The van der Waals surface area contributed by atoms with Gasteiger partial charge in [0.25, 0.3) is 5.91 Å². The van der Waals surface area contributed by atoms with E-state index in [2.05, 4.69) is 10.3 Å². The number of carbonyl (C=O) groups excluding carboxylic acids is 2. The number of thiophene rings is 1. The summed E-state index contributed by atoms with van der Waals surface area (Å²) in [6.07, 6.45) is 1.54. The molecule has 1 aromatic carbocycles. The first-order valence-corrected chi connectivity index (χ1v) is 9.54. The largest absolute Gasteiger partial charge is 0.480 e. The molecule has 0 bridgehead atoms. The topological polar surface area (TPSA) is 90.7 Å². The molecular weight excluding hydrogens is 392 g/mol. The van der Waals surface area contributed by atoms with Gasteiger partial charge in [0, 0.05) is 16.3 Å². The second kappa shape index (κ2) is 7.76. The zero-order chi connectivity index (χ0) is 20.4. The highest BCUT2D eigenvalue weighted by atomic mass is 32.1. The number of amides is 1. The Morgan fingerprint density at radius 1 is 1.17 bits per heavy atom. The van der Waals surface area contributed by atoms with Gasteiger partial charge in [-0.2, -0.15) is 11.3 Å². The van der Waals surface area contributed by atoms with Crippen molar-refractivity contribution in [3.63, 3.8) is 0 Å². The molecule has 146 valence electrons.